The molecule has 2 aromatic carbocycles. The van der Waals surface area contributed by atoms with Gasteiger partial charge in [0.15, 0.2) is 0 Å². The summed E-state index contributed by atoms with van der Waals surface area (Å²) in [5.74, 6) is 0.460. The number of esters is 1. The number of ether oxygens (including phenoxy) is 2. The van der Waals surface area contributed by atoms with Crippen molar-refractivity contribution < 1.29 is 19.4 Å². The van der Waals surface area contributed by atoms with E-state index in [4.69, 9.17) is 16.3 Å². The van der Waals surface area contributed by atoms with Gasteiger partial charge in [-0.1, -0.05) is 35.9 Å². The molecule has 0 aliphatic carbocycles. The van der Waals surface area contributed by atoms with Crippen molar-refractivity contribution in [3.63, 3.8) is 0 Å². The lowest BCUT2D eigenvalue weighted by Crippen LogP contribution is -2.26. The van der Waals surface area contributed by atoms with Crippen LogP contribution >= 0.6 is 24.0 Å². The molecule has 2 N–H and O–H groups in total. The number of halogens is 2. The average Bonchev–Trinajstić information content (AvgIpc) is 2.62. The van der Waals surface area contributed by atoms with E-state index in [1.807, 2.05) is 36.4 Å². The fourth-order valence-electron chi connectivity index (χ4n) is 2.25. The number of hydrogen-bond donors (Lipinski definition) is 2. The summed E-state index contributed by atoms with van der Waals surface area (Å²) in [6.45, 7) is 1.49. The molecule has 0 saturated heterocycles. The predicted octanol–water partition coefficient (Wildman–Crippen LogP) is 3.18. The number of benzene rings is 2. The maximum atomic E-state index is 11.2. The van der Waals surface area contributed by atoms with Crippen LogP contribution in [0, 0.1) is 0 Å². The van der Waals surface area contributed by atoms with Gasteiger partial charge in [0.1, 0.15) is 12.4 Å². The van der Waals surface area contributed by atoms with Gasteiger partial charge in [0.25, 0.3) is 0 Å². The van der Waals surface area contributed by atoms with Crippen molar-refractivity contribution in [3.05, 3.63) is 64.7 Å². The summed E-state index contributed by atoms with van der Waals surface area (Å²) in [5, 5.41) is 13.8. The zero-order valence-electron chi connectivity index (χ0n) is 14.5. The van der Waals surface area contributed by atoms with E-state index in [2.05, 4.69) is 10.1 Å². The Morgan fingerprint density at radius 1 is 1.23 bits per heavy atom. The van der Waals surface area contributed by atoms with Crippen molar-refractivity contribution in [1.29, 1.82) is 0 Å². The molecule has 0 heterocycles. The summed E-state index contributed by atoms with van der Waals surface area (Å²) < 4.78 is 10.2. The van der Waals surface area contributed by atoms with Crippen LogP contribution < -0.4 is 10.1 Å². The Morgan fingerprint density at radius 3 is 2.62 bits per heavy atom. The standard InChI is InChI=1S/C19H22ClNO4.ClH/c1-24-19(23)11-14-5-7-17(8-6-14)25-10-9-21-13-18(22)15-3-2-4-16(20)12-15;/h2-8,12,18,21-22H,9-11,13H2,1H3;1H. The van der Waals surface area contributed by atoms with Crippen LogP contribution in [-0.2, 0) is 16.0 Å². The largest absolute Gasteiger partial charge is 0.492 e. The Balaban J connectivity index is 0.00000338. The predicted molar refractivity (Wildman–Crippen MR) is 104 cm³/mol. The lowest BCUT2D eigenvalue weighted by Gasteiger charge is -2.13. The minimum atomic E-state index is -0.615. The van der Waals surface area contributed by atoms with Gasteiger partial charge in [0.05, 0.1) is 19.6 Å². The number of hydrogen-bond acceptors (Lipinski definition) is 5. The third-order valence-electron chi connectivity index (χ3n) is 3.62. The molecule has 26 heavy (non-hydrogen) atoms. The second-order valence-corrected chi connectivity index (χ2v) is 5.96. The van der Waals surface area contributed by atoms with Gasteiger partial charge >= 0.3 is 5.97 Å². The highest BCUT2D eigenvalue weighted by molar-refractivity contribution is 6.30. The molecule has 7 heteroatoms. The number of rotatable bonds is 9. The van der Waals surface area contributed by atoms with E-state index in [-0.39, 0.29) is 24.8 Å². The first-order valence-electron chi connectivity index (χ1n) is 8.01. The van der Waals surface area contributed by atoms with Gasteiger partial charge in [0.2, 0.25) is 0 Å². The van der Waals surface area contributed by atoms with Gasteiger partial charge in [-0.25, -0.2) is 0 Å². The topological polar surface area (TPSA) is 67.8 Å². The molecule has 0 amide bonds. The third-order valence-corrected chi connectivity index (χ3v) is 3.85. The summed E-state index contributed by atoms with van der Waals surface area (Å²) >= 11 is 5.91. The second-order valence-electron chi connectivity index (χ2n) is 5.52. The maximum absolute atomic E-state index is 11.2. The van der Waals surface area contributed by atoms with Gasteiger partial charge in [-0.3, -0.25) is 4.79 Å². The van der Waals surface area contributed by atoms with Crippen molar-refractivity contribution in [1.82, 2.24) is 5.32 Å². The van der Waals surface area contributed by atoms with Crippen molar-refractivity contribution in [2.45, 2.75) is 12.5 Å². The van der Waals surface area contributed by atoms with E-state index in [1.165, 1.54) is 7.11 Å². The highest BCUT2D eigenvalue weighted by Crippen LogP contribution is 2.17. The number of carbonyl (C=O) groups excluding carboxylic acids is 1. The minimum Gasteiger partial charge on any atom is -0.492 e. The Morgan fingerprint density at radius 2 is 1.96 bits per heavy atom. The first-order valence-corrected chi connectivity index (χ1v) is 8.39. The summed E-state index contributed by atoms with van der Waals surface area (Å²) in [6.07, 6.45) is -0.365. The van der Waals surface area contributed by atoms with Gasteiger partial charge in [-0.15, -0.1) is 12.4 Å². The molecule has 0 spiro atoms. The zero-order chi connectivity index (χ0) is 18.1. The number of aliphatic hydroxyl groups is 1. The lowest BCUT2D eigenvalue weighted by molar-refractivity contribution is -0.139. The normalized spacial score (nSPS) is 11.3. The van der Waals surface area contributed by atoms with Gasteiger partial charge < -0.3 is 19.9 Å². The molecule has 5 nitrogen and oxygen atoms in total. The molecule has 0 radical (unpaired) electrons. The molecule has 2 rings (SSSR count). The number of carbonyl (C=O) groups is 1. The van der Waals surface area contributed by atoms with Crippen molar-refractivity contribution in [2.75, 3.05) is 26.8 Å². The van der Waals surface area contributed by atoms with Crippen LogP contribution in [0.15, 0.2) is 48.5 Å². The quantitative estimate of drug-likeness (QED) is 0.500. The van der Waals surface area contributed by atoms with Crippen LogP contribution in [0.5, 0.6) is 5.75 Å². The van der Waals surface area contributed by atoms with Gasteiger partial charge in [-0.05, 0) is 35.4 Å². The minimum absolute atomic E-state index is 0. The molecule has 0 saturated carbocycles. The van der Waals surface area contributed by atoms with E-state index in [0.29, 0.717) is 24.7 Å². The fourth-order valence-corrected chi connectivity index (χ4v) is 2.45. The molecule has 142 valence electrons. The van der Waals surface area contributed by atoms with Gasteiger partial charge in [0, 0.05) is 18.1 Å². The van der Waals surface area contributed by atoms with Crippen LogP contribution in [0.1, 0.15) is 17.2 Å². The van der Waals surface area contributed by atoms with Crippen molar-refractivity contribution >= 4 is 30.0 Å². The highest BCUT2D eigenvalue weighted by atomic mass is 35.5. The first kappa shape index (κ1) is 22.3. The van der Waals surface area contributed by atoms with Gasteiger partial charge in [-0.2, -0.15) is 0 Å². The Bertz CT molecular complexity index is 679. The summed E-state index contributed by atoms with van der Waals surface area (Å²) in [4.78, 5) is 11.2. The fraction of sp³-hybridized carbons (Fsp3) is 0.316. The van der Waals surface area contributed by atoms with Crippen LogP contribution in [0.4, 0.5) is 0 Å². The Labute approximate surface area is 164 Å². The molecule has 0 fully saturated rings. The highest BCUT2D eigenvalue weighted by Gasteiger charge is 2.07. The Hall–Kier alpha value is -1.79. The molecule has 0 aromatic heterocycles. The average molecular weight is 400 g/mol. The molecule has 1 atom stereocenters. The summed E-state index contributed by atoms with van der Waals surface area (Å²) in [7, 11) is 1.37. The summed E-state index contributed by atoms with van der Waals surface area (Å²) in [5.41, 5.74) is 1.66. The number of aliphatic hydroxyl groups excluding tert-OH is 1. The van der Waals surface area contributed by atoms with E-state index in [9.17, 15) is 9.90 Å². The van der Waals surface area contributed by atoms with Crippen LogP contribution in [0.25, 0.3) is 0 Å². The van der Waals surface area contributed by atoms with E-state index in [1.54, 1.807) is 12.1 Å². The van der Waals surface area contributed by atoms with Crippen molar-refractivity contribution in [3.8, 4) is 5.75 Å². The van der Waals surface area contributed by atoms with Crippen LogP contribution in [-0.4, -0.2) is 37.9 Å². The first-order chi connectivity index (χ1) is 12.1. The SMILES string of the molecule is COC(=O)Cc1ccc(OCCNCC(O)c2cccc(Cl)c2)cc1.Cl. The Kier molecular flexibility index (Phi) is 10.1. The molecule has 2 aromatic rings. The smallest absolute Gasteiger partial charge is 0.309 e. The van der Waals surface area contributed by atoms with E-state index >= 15 is 0 Å². The number of nitrogens with one attached hydrogen (secondary N) is 1. The molecular weight excluding hydrogens is 377 g/mol. The number of methoxy groups -OCH3 is 1. The molecule has 0 aliphatic heterocycles. The lowest BCUT2D eigenvalue weighted by atomic mass is 10.1. The second kappa shape index (κ2) is 11.8. The van der Waals surface area contributed by atoms with Crippen molar-refractivity contribution in [2.24, 2.45) is 0 Å². The monoisotopic (exact) mass is 399 g/mol. The molecule has 0 bridgehead atoms. The van der Waals surface area contributed by atoms with Crippen LogP contribution in [0.3, 0.4) is 0 Å². The summed E-state index contributed by atoms with van der Waals surface area (Å²) in [6, 6.07) is 14.5. The van der Waals surface area contributed by atoms with E-state index < -0.39 is 6.10 Å². The molecule has 0 aliphatic rings. The molecular formula is C19H23Cl2NO4. The van der Waals surface area contributed by atoms with Crippen LogP contribution in [0.2, 0.25) is 5.02 Å². The molecule has 1 unspecified atom stereocenters. The van der Waals surface area contributed by atoms with E-state index in [0.717, 1.165) is 16.9 Å². The maximum Gasteiger partial charge on any atom is 0.309 e. The third kappa shape index (κ3) is 7.62. The zero-order valence-corrected chi connectivity index (χ0v) is 16.1.